The number of hydrogen-bond acceptors (Lipinski definition) is 5. The first-order chi connectivity index (χ1) is 11.6. The molecule has 120 valence electrons. The van der Waals surface area contributed by atoms with Gasteiger partial charge in [-0.1, -0.05) is 18.2 Å². The number of aromatic nitrogens is 1. The largest absolute Gasteiger partial charge is 0.481 e. The van der Waals surface area contributed by atoms with Crippen molar-refractivity contribution in [2.24, 2.45) is 0 Å². The summed E-state index contributed by atoms with van der Waals surface area (Å²) in [5, 5.41) is 5.80. The maximum Gasteiger partial charge on any atom is 0.262 e. The van der Waals surface area contributed by atoms with Crippen molar-refractivity contribution in [3.05, 3.63) is 47.3 Å². The summed E-state index contributed by atoms with van der Waals surface area (Å²) in [6, 6.07) is 11.8. The first-order valence-corrected chi connectivity index (χ1v) is 8.76. The average molecular weight is 354 g/mol. The summed E-state index contributed by atoms with van der Waals surface area (Å²) < 4.78 is 5.51. The zero-order valence-corrected chi connectivity index (χ0v) is 14.6. The quantitative estimate of drug-likeness (QED) is 0.671. The molecule has 1 amide bonds. The number of benzene rings is 2. The van der Waals surface area contributed by atoms with E-state index in [1.54, 1.807) is 11.3 Å². The highest BCUT2D eigenvalue weighted by Crippen LogP contribution is 2.38. The minimum absolute atomic E-state index is 0.0623. The lowest BCUT2D eigenvalue weighted by atomic mass is 10.1. The summed E-state index contributed by atoms with van der Waals surface area (Å²) in [5.41, 5.74) is 4.52. The molecular formula is C18H14N2O2S2. The normalized spacial score (nSPS) is 13.2. The van der Waals surface area contributed by atoms with Crippen LogP contribution in [0, 0.1) is 6.92 Å². The van der Waals surface area contributed by atoms with Gasteiger partial charge in [0.2, 0.25) is 0 Å². The molecule has 0 aliphatic carbocycles. The lowest BCUT2D eigenvalue weighted by Gasteiger charge is -2.20. The molecule has 0 unspecified atom stereocenters. The van der Waals surface area contributed by atoms with Crippen LogP contribution >= 0.6 is 24.0 Å². The minimum Gasteiger partial charge on any atom is -0.481 e. The number of fused-ring (bicyclic) bond motifs is 1. The second kappa shape index (κ2) is 5.96. The van der Waals surface area contributed by atoms with E-state index in [9.17, 15) is 4.79 Å². The molecule has 6 heteroatoms. The van der Waals surface area contributed by atoms with E-state index in [0.717, 1.165) is 38.0 Å². The molecular weight excluding hydrogens is 340 g/mol. The van der Waals surface area contributed by atoms with Gasteiger partial charge in [0.25, 0.3) is 5.91 Å². The van der Waals surface area contributed by atoms with E-state index < -0.39 is 0 Å². The Hall–Kier alpha value is -2.31. The lowest BCUT2D eigenvalue weighted by molar-refractivity contribution is -0.118. The Labute approximate surface area is 148 Å². The second-order valence-corrected chi connectivity index (χ2v) is 6.90. The zero-order valence-electron chi connectivity index (χ0n) is 12.9. The molecule has 0 fully saturated rings. The number of hydrogen-bond donors (Lipinski definition) is 2. The molecule has 0 bridgehead atoms. The molecule has 1 aliphatic rings. The van der Waals surface area contributed by atoms with Gasteiger partial charge in [0.05, 0.1) is 11.4 Å². The lowest BCUT2D eigenvalue weighted by Crippen LogP contribution is -2.25. The summed E-state index contributed by atoms with van der Waals surface area (Å²) in [7, 11) is 0. The smallest absolute Gasteiger partial charge is 0.262 e. The molecule has 3 aromatic rings. The monoisotopic (exact) mass is 354 g/mol. The zero-order chi connectivity index (χ0) is 16.7. The number of nitrogens with zero attached hydrogens (tertiary/aromatic N) is 1. The third-order valence-corrected chi connectivity index (χ3v) is 5.10. The van der Waals surface area contributed by atoms with Crippen molar-refractivity contribution in [1.29, 1.82) is 0 Å². The Bertz CT molecular complexity index is 950. The number of thiazole rings is 1. The molecule has 24 heavy (non-hydrogen) atoms. The number of anilines is 1. The van der Waals surface area contributed by atoms with Gasteiger partial charge in [-0.15, -0.1) is 24.0 Å². The van der Waals surface area contributed by atoms with Crippen molar-refractivity contribution in [3.63, 3.8) is 0 Å². The summed E-state index contributed by atoms with van der Waals surface area (Å²) in [5.74, 6) is 0.594. The molecule has 4 nitrogen and oxygen atoms in total. The van der Waals surface area contributed by atoms with Crippen LogP contribution in [0.15, 0.2) is 46.7 Å². The van der Waals surface area contributed by atoms with E-state index >= 15 is 0 Å². The summed E-state index contributed by atoms with van der Waals surface area (Å²) >= 11 is 6.08. The first-order valence-electron chi connectivity index (χ1n) is 7.43. The van der Waals surface area contributed by atoms with Crippen LogP contribution in [0.3, 0.4) is 0 Å². The Morgan fingerprint density at radius 3 is 2.96 bits per heavy atom. The maximum atomic E-state index is 11.6. The molecule has 0 atom stereocenters. The maximum absolute atomic E-state index is 11.6. The van der Waals surface area contributed by atoms with Crippen LogP contribution in [0.1, 0.15) is 5.56 Å². The SMILES string of the molecule is Cc1cc(-c2csc(-c3ccccc3S)n2)cc2c1OCC(=O)N2. The summed E-state index contributed by atoms with van der Waals surface area (Å²) in [6.07, 6.45) is 0. The highest BCUT2D eigenvalue weighted by Gasteiger charge is 2.20. The van der Waals surface area contributed by atoms with Gasteiger partial charge in [-0.25, -0.2) is 4.98 Å². The second-order valence-electron chi connectivity index (χ2n) is 5.56. The van der Waals surface area contributed by atoms with Gasteiger partial charge < -0.3 is 10.1 Å². The van der Waals surface area contributed by atoms with Gasteiger partial charge >= 0.3 is 0 Å². The van der Waals surface area contributed by atoms with Crippen LogP contribution < -0.4 is 10.1 Å². The molecule has 0 radical (unpaired) electrons. The topological polar surface area (TPSA) is 51.2 Å². The Kier molecular flexibility index (Phi) is 3.78. The van der Waals surface area contributed by atoms with Crippen molar-refractivity contribution in [3.8, 4) is 27.6 Å². The predicted molar refractivity (Wildman–Crippen MR) is 99.1 cm³/mol. The Morgan fingerprint density at radius 2 is 2.12 bits per heavy atom. The fourth-order valence-electron chi connectivity index (χ4n) is 2.71. The van der Waals surface area contributed by atoms with Crippen LogP contribution in [0.4, 0.5) is 5.69 Å². The van der Waals surface area contributed by atoms with E-state index in [0.29, 0.717) is 5.69 Å². The van der Waals surface area contributed by atoms with Gasteiger partial charge in [-0.05, 0) is 30.7 Å². The van der Waals surface area contributed by atoms with Crippen molar-refractivity contribution in [2.75, 3.05) is 11.9 Å². The van der Waals surface area contributed by atoms with Crippen LogP contribution in [-0.4, -0.2) is 17.5 Å². The van der Waals surface area contributed by atoms with E-state index in [2.05, 4.69) is 17.9 Å². The van der Waals surface area contributed by atoms with Crippen molar-refractivity contribution in [2.45, 2.75) is 11.8 Å². The van der Waals surface area contributed by atoms with Gasteiger partial charge in [-0.2, -0.15) is 0 Å². The van der Waals surface area contributed by atoms with Crippen molar-refractivity contribution < 1.29 is 9.53 Å². The van der Waals surface area contributed by atoms with Crippen molar-refractivity contribution in [1.82, 2.24) is 4.98 Å². The molecule has 1 aliphatic heterocycles. The van der Waals surface area contributed by atoms with Crippen molar-refractivity contribution >= 4 is 35.6 Å². The van der Waals surface area contributed by atoms with Crippen LogP contribution in [0.5, 0.6) is 5.75 Å². The van der Waals surface area contributed by atoms with Gasteiger partial charge in [-0.3, -0.25) is 4.79 Å². The summed E-state index contributed by atoms with van der Waals surface area (Å²) in [6.45, 7) is 2.03. The van der Waals surface area contributed by atoms with Crippen LogP contribution in [0.2, 0.25) is 0 Å². The fourth-order valence-corrected chi connectivity index (χ4v) is 3.92. The molecule has 1 N–H and O–H groups in total. The number of carbonyl (C=O) groups excluding carboxylic acids is 1. The Balaban J connectivity index is 1.75. The molecule has 0 saturated carbocycles. The van der Waals surface area contributed by atoms with Gasteiger partial charge in [0, 0.05) is 21.4 Å². The first kappa shape index (κ1) is 15.2. The predicted octanol–water partition coefficient (Wildman–Crippen LogP) is 4.41. The minimum atomic E-state index is -0.137. The van der Waals surface area contributed by atoms with Gasteiger partial charge in [0.15, 0.2) is 6.61 Å². The number of amides is 1. The number of nitrogens with one attached hydrogen (secondary N) is 1. The van der Waals surface area contributed by atoms with E-state index in [-0.39, 0.29) is 12.5 Å². The van der Waals surface area contributed by atoms with Gasteiger partial charge in [0.1, 0.15) is 10.8 Å². The summed E-state index contributed by atoms with van der Waals surface area (Å²) in [4.78, 5) is 17.2. The molecule has 2 heterocycles. The molecule has 1 aromatic heterocycles. The van der Waals surface area contributed by atoms with Crippen LogP contribution in [-0.2, 0) is 4.79 Å². The fraction of sp³-hybridized carbons (Fsp3) is 0.111. The number of ether oxygens (including phenoxy) is 1. The van der Waals surface area contributed by atoms with E-state index in [4.69, 9.17) is 9.72 Å². The van der Waals surface area contributed by atoms with E-state index in [1.165, 1.54) is 0 Å². The number of thiol groups is 1. The number of rotatable bonds is 2. The Morgan fingerprint density at radius 1 is 1.29 bits per heavy atom. The van der Waals surface area contributed by atoms with Crippen LogP contribution in [0.25, 0.3) is 21.8 Å². The third-order valence-electron chi connectivity index (χ3n) is 3.83. The highest BCUT2D eigenvalue weighted by molar-refractivity contribution is 7.80. The average Bonchev–Trinajstić information content (AvgIpc) is 3.04. The highest BCUT2D eigenvalue weighted by atomic mass is 32.1. The molecule has 4 rings (SSSR count). The molecule has 0 spiro atoms. The third kappa shape index (κ3) is 2.68. The standard InChI is InChI=1S/C18H14N2O2S2/c1-10-6-11(7-13-17(10)22-8-16(21)19-13)14-9-24-18(20-14)12-4-2-3-5-15(12)23/h2-7,9,23H,8H2,1H3,(H,19,21). The number of carbonyl (C=O) groups is 1. The molecule has 0 saturated heterocycles. The molecule has 2 aromatic carbocycles. The van der Waals surface area contributed by atoms with E-state index in [1.807, 2.05) is 48.7 Å². The number of aryl methyl sites for hydroxylation is 1.